The molecule has 1 aliphatic rings. The van der Waals surface area contributed by atoms with Gasteiger partial charge in [-0.25, -0.2) is 4.68 Å². The molecule has 0 bridgehead atoms. The van der Waals surface area contributed by atoms with Crippen LogP contribution in [-0.2, 0) is 11.3 Å². The highest BCUT2D eigenvalue weighted by atomic mass is 16.5. The van der Waals surface area contributed by atoms with Crippen molar-refractivity contribution in [3.8, 4) is 5.69 Å². The minimum Gasteiger partial charge on any atom is -0.379 e. The first-order chi connectivity index (χ1) is 13.7. The van der Waals surface area contributed by atoms with Gasteiger partial charge in [-0.3, -0.25) is 9.89 Å². The van der Waals surface area contributed by atoms with Gasteiger partial charge >= 0.3 is 0 Å². The van der Waals surface area contributed by atoms with E-state index in [0.717, 1.165) is 51.0 Å². The SMILES string of the molecule is CN=C(NCc1ccc(-n2cccn2)cc1)NCC(C(C)C)N1CCOCC1. The van der Waals surface area contributed by atoms with Crippen molar-refractivity contribution in [3.05, 3.63) is 48.3 Å². The Morgan fingerprint density at radius 2 is 1.93 bits per heavy atom. The lowest BCUT2D eigenvalue weighted by Crippen LogP contribution is -2.52. The normalized spacial score (nSPS) is 16.9. The summed E-state index contributed by atoms with van der Waals surface area (Å²) in [5.74, 6) is 1.40. The molecule has 1 aromatic carbocycles. The minimum absolute atomic E-state index is 0.468. The van der Waals surface area contributed by atoms with E-state index in [2.05, 4.69) is 63.7 Å². The van der Waals surface area contributed by atoms with Crippen LogP contribution in [-0.4, -0.2) is 66.6 Å². The first-order valence-electron chi connectivity index (χ1n) is 10.0. The maximum atomic E-state index is 5.49. The van der Waals surface area contributed by atoms with Crippen molar-refractivity contribution in [1.82, 2.24) is 25.3 Å². The second-order valence-electron chi connectivity index (χ2n) is 7.38. The first kappa shape index (κ1) is 20.4. The van der Waals surface area contributed by atoms with Gasteiger partial charge in [0, 0.05) is 51.7 Å². The molecule has 1 saturated heterocycles. The molecule has 2 aromatic rings. The van der Waals surface area contributed by atoms with Crippen molar-refractivity contribution >= 4 is 5.96 Å². The van der Waals surface area contributed by atoms with Gasteiger partial charge < -0.3 is 15.4 Å². The average Bonchev–Trinajstić information content (AvgIpc) is 3.26. The van der Waals surface area contributed by atoms with Crippen molar-refractivity contribution in [2.45, 2.75) is 26.4 Å². The fraction of sp³-hybridized carbons (Fsp3) is 0.524. The highest BCUT2D eigenvalue weighted by Crippen LogP contribution is 2.12. The molecule has 0 aliphatic carbocycles. The zero-order valence-electron chi connectivity index (χ0n) is 17.1. The molecule has 3 rings (SSSR count). The van der Waals surface area contributed by atoms with E-state index in [9.17, 15) is 0 Å². The zero-order valence-corrected chi connectivity index (χ0v) is 17.1. The van der Waals surface area contributed by atoms with E-state index in [-0.39, 0.29) is 0 Å². The van der Waals surface area contributed by atoms with Crippen LogP contribution in [0, 0.1) is 5.92 Å². The molecule has 152 valence electrons. The summed E-state index contributed by atoms with van der Waals surface area (Å²) in [6.45, 7) is 9.80. The third-order valence-electron chi connectivity index (χ3n) is 5.15. The molecule has 0 saturated carbocycles. The molecular weight excluding hydrogens is 352 g/mol. The van der Waals surface area contributed by atoms with Crippen molar-refractivity contribution in [3.63, 3.8) is 0 Å². The van der Waals surface area contributed by atoms with E-state index in [4.69, 9.17) is 4.74 Å². The van der Waals surface area contributed by atoms with Crippen molar-refractivity contribution in [1.29, 1.82) is 0 Å². The number of guanidine groups is 1. The number of nitrogens with zero attached hydrogens (tertiary/aromatic N) is 4. The summed E-state index contributed by atoms with van der Waals surface area (Å²) >= 11 is 0. The zero-order chi connectivity index (χ0) is 19.8. The third kappa shape index (κ3) is 5.56. The lowest BCUT2D eigenvalue weighted by Gasteiger charge is -2.37. The number of benzene rings is 1. The minimum atomic E-state index is 0.468. The molecule has 2 N–H and O–H groups in total. The number of nitrogens with one attached hydrogen (secondary N) is 2. The predicted molar refractivity (Wildman–Crippen MR) is 113 cm³/mol. The van der Waals surface area contributed by atoms with Crippen LogP contribution in [0.3, 0.4) is 0 Å². The second kappa shape index (κ2) is 10.2. The molecule has 1 fully saturated rings. The van der Waals surface area contributed by atoms with Gasteiger partial charge in [0.25, 0.3) is 0 Å². The Morgan fingerprint density at radius 3 is 2.54 bits per heavy atom. The maximum absolute atomic E-state index is 5.49. The summed E-state index contributed by atoms with van der Waals surface area (Å²) in [7, 11) is 1.81. The Hall–Kier alpha value is -2.38. The predicted octanol–water partition coefficient (Wildman–Crippen LogP) is 1.89. The van der Waals surface area contributed by atoms with Crippen LogP contribution in [0.25, 0.3) is 5.69 Å². The summed E-state index contributed by atoms with van der Waals surface area (Å²) < 4.78 is 7.35. The number of rotatable bonds is 7. The number of ether oxygens (including phenoxy) is 1. The first-order valence-corrected chi connectivity index (χ1v) is 10.0. The largest absolute Gasteiger partial charge is 0.379 e. The molecule has 1 aliphatic heterocycles. The Kier molecular flexibility index (Phi) is 7.45. The van der Waals surface area contributed by atoms with Gasteiger partial charge in [-0.05, 0) is 29.7 Å². The fourth-order valence-corrected chi connectivity index (χ4v) is 3.49. The standard InChI is InChI=1S/C21H32N6O/c1-17(2)20(26-11-13-28-14-12-26)16-24-21(22-3)23-15-18-5-7-19(8-6-18)27-10-4-9-25-27/h4-10,17,20H,11-16H2,1-3H3,(H2,22,23,24). The topological polar surface area (TPSA) is 66.7 Å². The quantitative estimate of drug-likeness (QED) is 0.564. The van der Waals surface area contributed by atoms with Crippen LogP contribution in [0.15, 0.2) is 47.7 Å². The van der Waals surface area contributed by atoms with Crippen molar-refractivity contribution in [2.75, 3.05) is 39.9 Å². The molecule has 0 radical (unpaired) electrons. The van der Waals surface area contributed by atoms with Gasteiger partial charge in [-0.15, -0.1) is 0 Å². The molecule has 1 unspecified atom stereocenters. The molecule has 7 nitrogen and oxygen atoms in total. The number of hydrogen-bond acceptors (Lipinski definition) is 4. The maximum Gasteiger partial charge on any atom is 0.191 e. The molecule has 0 amide bonds. The number of aromatic nitrogens is 2. The highest BCUT2D eigenvalue weighted by Gasteiger charge is 2.23. The second-order valence-corrected chi connectivity index (χ2v) is 7.38. The number of hydrogen-bond donors (Lipinski definition) is 2. The number of aliphatic imine (C=N–C) groups is 1. The summed E-state index contributed by atoms with van der Waals surface area (Å²) in [6, 6.07) is 10.8. The van der Waals surface area contributed by atoms with Gasteiger partial charge in [-0.2, -0.15) is 5.10 Å². The molecule has 0 spiro atoms. The van der Waals surface area contributed by atoms with Gasteiger partial charge in [-0.1, -0.05) is 26.0 Å². The molecule has 28 heavy (non-hydrogen) atoms. The van der Waals surface area contributed by atoms with Crippen LogP contribution in [0.5, 0.6) is 0 Å². The van der Waals surface area contributed by atoms with Crippen molar-refractivity contribution < 1.29 is 4.74 Å². The van der Waals surface area contributed by atoms with Gasteiger partial charge in [0.1, 0.15) is 0 Å². The van der Waals surface area contributed by atoms with Gasteiger partial charge in [0.15, 0.2) is 5.96 Å². The van der Waals surface area contributed by atoms with Crippen LogP contribution in [0.2, 0.25) is 0 Å². The third-order valence-corrected chi connectivity index (χ3v) is 5.15. The Labute approximate surface area is 167 Å². The fourth-order valence-electron chi connectivity index (χ4n) is 3.49. The van der Waals surface area contributed by atoms with E-state index in [0.29, 0.717) is 12.0 Å². The van der Waals surface area contributed by atoms with E-state index in [1.165, 1.54) is 5.56 Å². The van der Waals surface area contributed by atoms with Crippen LogP contribution >= 0.6 is 0 Å². The average molecular weight is 385 g/mol. The van der Waals surface area contributed by atoms with E-state index in [1.807, 2.05) is 24.0 Å². The lowest BCUT2D eigenvalue weighted by atomic mass is 10.0. The van der Waals surface area contributed by atoms with Crippen LogP contribution in [0.4, 0.5) is 0 Å². The van der Waals surface area contributed by atoms with Crippen molar-refractivity contribution in [2.24, 2.45) is 10.9 Å². The molecule has 1 aromatic heterocycles. The van der Waals surface area contributed by atoms with Crippen LogP contribution in [0.1, 0.15) is 19.4 Å². The van der Waals surface area contributed by atoms with Gasteiger partial charge in [0.05, 0.1) is 18.9 Å². The molecule has 1 atom stereocenters. The smallest absolute Gasteiger partial charge is 0.191 e. The summed E-state index contributed by atoms with van der Waals surface area (Å²) in [4.78, 5) is 6.89. The highest BCUT2D eigenvalue weighted by molar-refractivity contribution is 5.79. The molecule has 7 heteroatoms. The Bertz CT molecular complexity index is 720. The summed E-state index contributed by atoms with van der Waals surface area (Å²) in [5.41, 5.74) is 2.26. The van der Waals surface area contributed by atoms with E-state index < -0.39 is 0 Å². The van der Waals surface area contributed by atoms with E-state index >= 15 is 0 Å². The molecule has 2 heterocycles. The summed E-state index contributed by atoms with van der Waals surface area (Å²) in [6.07, 6.45) is 3.73. The summed E-state index contributed by atoms with van der Waals surface area (Å²) in [5, 5.41) is 11.2. The number of morpholine rings is 1. The van der Waals surface area contributed by atoms with Crippen LogP contribution < -0.4 is 10.6 Å². The Morgan fingerprint density at radius 1 is 1.18 bits per heavy atom. The Balaban J connectivity index is 1.50. The lowest BCUT2D eigenvalue weighted by molar-refractivity contribution is 0.00752. The molecular formula is C21H32N6O. The van der Waals surface area contributed by atoms with Gasteiger partial charge in [0.2, 0.25) is 0 Å². The monoisotopic (exact) mass is 384 g/mol. The van der Waals surface area contributed by atoms with E-state index in [1.54, 1.807) is 6.20 Å².